The van der Waals surface area contributed by atoms with E-state index in [1.807, 2.05) is 18.8 Å². The van der Waals surface area contributed by atoms with Crippen molar-refractivity contribution in [2.24, 2.45) is 7.05 Å². The Balaban J connectivity index is 2.90. The lowest BCUT2D eigenvalue weighted by atomic mass is 9.99. The molecule has 1 aromatic heterocycles. The van der Waals surface area contributed by atoms with Crippen LogP contribution in [0.1, 0.15) is 49.2 Å². The lowest BCUT2D eigenvalue weighted by Gasteiger charge is -2.16. The van der Waals surface area contributed by atoms with Gasteiger partial charge in [0.25, 0.3) is 0 Å². The van der Waals surface area contributed by atoms with E-state index < -0.39 is 0 Å². The minimum atomic E-state index is 0.457. The fourth-order valence-corrected chi connectivity index (χ4v) is 2.14. The van der Waals surface area contributed by atoms with Gasteiger partial charge in [-0.3, -0.25) is 4.68 Å². The number of nitrogens with one attached hydrogen (secondary N) is 1. The van der Waals surface area contributed by atoms with Crippen molar-refractivity contribution in [2.75, 3.05) is 7.05 Å². The molecular weight excluding hydrogens is 186 g/mol. The summed E-state index contributed by atoms with van der Waals surface area (Å²) in [4.78, 5) is 0. The van der Waals surface area contributed by atoms with Crippen molar-refractivity contribution in [2.45, 2.75) is 46.1 Å². The molecule has 86 valence electrons. The summed E-state index contributed by atoms with van der Waals surface area (Å²) in [6.07, 6.45) is 3.70. The first-order valence-electron chi connectivity index (χ1n) is 5.79. The third-order valence-corrected chi connectivity index (χ3v) is 3.11. The second-order valence-electron chi connectivity index (χ2n) is 4.19. The van der Waals surface area contributed by atoms with Crippen LogP contribution in [-0.2, 0) is 7.05 Å². The third kappa shape index (κ3) is 2.59. The van der Waals surface area contributed by atoms with E-state index in [0.29, 0.717) is 6.04 Å². The number of rotatable bonds is 5. The van der Waals surface area contributed by atoms with Crippen molar-refractivity contribution >= 4 is 0 Å². The predicted octanol–water partition coefficient (Wildman–Crippen LogP) is 2.49. The fourth-order valence-electron chi connectivity index (χ4n) is 2.14. The van der Waals surface area contributed by atoms with Crippen molar-refractivity contribution < 1.29 is 0 Å². The Morgan fingerprint density at radius 2 is 2.07 bits per heavy atom. The average Bonchev–Trinajstić information content (AvgIpc) is 2.45. The fraction of sp³-hybridized carbons (Fsp3) is 0.750. The first-order valence-corrected chi connectivity index (χ1v) is 5.79. The zero-order chi connectivity index (χ0) is 11.4. The number of nitrogens with zero attached hydrogens (tertiary/aromatic N) is 2. The van der Waals surface area contributed by atoms with Gasteiger partial charge in [-0.25, -0.2) is 0 Å². The van der Waals surface area contributed by atoms with E-state index in [9.17, 15) is 0 Å². The average molecular weight is 209 g/mol. The molecule has 0 radical (unpaired) electrons. The Bertz CT molecular complexity index is 315. The van der Waals surface area contributed by atoms with Crippen molar-refractivity contribution in [1.82, 2.24) is 15.1 Å². The van der Waals surface area contributed by atoms with Crippen molar-refractivity contribution in [3.8, 4) is 0 Å². The molecule has 0 amide bonds. The standard InChI is InChI=1S/C12H23N3/c1-6-7-8-11(13-4)12-9(2)14-15(5)10(12)3/h11,13H,6-8H2,1-5H3. The molecule has 15 heavy (non-hydrogen) atoms. The van der Waals surface area contributed by atoms with Crippen molar-refractivity contribution in [1.29, 1.82) is 0 Å². The number of aryl methyl sites for hydroxylation is 2. The smallest absolute Gasteiger partial charge is 0.0644 e. The topological polar surface area (TPSA) is 29.9 Å². The molecule has 1 N–H and O–H groups in total. The molecular formula is C12H23N3. The van der Waals surface area contributed by atoms with Crippen LogP contribution in [0.2, 0.25) is 0 Å². The summed E-state index contributed by atoms with van der Waals surface area (Å²) in [7, 11) is 4.05. The highest BCUT2D eigenvalue weighted by atomic mass is 15.3. The molecule has 0 saturated heterocycles. The number of unbranched alkanes of at least 4 members (excludes halogenated alkanes) is 1. The quantitative estimate of drug-likeness (QED) is 0.807. The molecule has 0 aliphatic rings. The molecule has 1 heterocycles. The summed E-state index contributed by atoms with van der Waals surface area (Å²) in [5.74, 6) is 0. The summed E-state index contributed by atoms with van der Waals surface area (Å²) in [6.45, 7) is 6.47. The van der Waals surface area contributed by atoms with Gasteiger partial charge in [0.15, 0.2) is 0 Å². The lowest BCUT2D eigenvalue weighted by molar-refractivity contribution is 0.518. The Morgan fingerprint density at radius 3 is 2.47 bits per heavy atom. The van der Waals surface area contributed by atoms with Crippen LogP contribution >= 0.6 is 0 Å². The monoisotopic (exact) mass is 209 g/mol. The van der Waals surface area contributed by atoms with Crippen LogP contribution in [0.25, 0.3) is 0 Å². The Labute approximate surface area is 92.9 Å². The van der Waals surface area contributed by atoms with E-state index in [1.165, 1.54) is 30.5 Å². The van der Waals surface area contributed by atoms with E-state index >= 15 is 0 Å². The summed E-state index contributed by atoms with van der Waals surface area (Å²) in [5.41, 5.74) is 3.82. The van der Waals surface area contributed by atoms with E-state index in [2.05, 4.69) is 31.2 Å². The van der Waals surface area contributed by atoms with Gasteiger partial charge in [-0.1, -0.05) is 19.8 Å². The Hall–Kier alpha value is -0.830. The Morgan fingerprint density at radius 1 is 1.40 bits per heavy atom. The van der Waals surface area contributed by atoms with Crippen LogP contribution in [0.5, 0.6) is 0 Å². The summed E-state index contributed by atoms with van der Waals surface area (Å²) >= 11 is 0. The van der Waals surface area contributed by atoms with Crippen molar-refractivity contribution in [3.05, 3.63) is 17.0 Å². The zero-order valence-electron chi connectivity index (χ0n) is 10.6. The minimum Gasteiger partial charge on any atom is -0.313 e. The SMILES string of the molecule is CCCCC(NC)c1c(C)nn(C)c1C. The van der Waals surface area contributed by atoms with Gasteiger partial charge in [0.1, 0.15) is 0 Å². The molecule has 1 rings (SSSR count). The molecule has 1 unspecified atom stereocenters. The van der Waals surface area contributed by atoms with E-state index in [-0.39, 0.29) is 0 Å². The van der Waals surface area contributed by atoms with E-state index in [1.54, 1.807) is 0 Å². The van der Waals surface area contributed by atoms with Gasteiger partial charge in [0, 0.05) is 24.3 Å². The maximum Gasteiger partial charge on any atom is 0.0644 e. The molecule has 0 aromatic carbocycles. The van der Waals surface area contributed by atoms with Crippen molar-refractivity contribution in [3.63, 3.8) is 0 Å². The van der Waals surface area contributed by atoms with Gasteiger partial charge in [-0.2, -0.15) is 5.10 Å². The normalized spacial score (nSPS) is 13.1. The van der Waals surface area contributed by atoms with Crippen LogP contribution in [0, 0.1) is 13.8 Å². The molecule has 0 aliphatic carbocycles. The molecule has 0 spiro atoms. The van der Waals surface area contributed by atoms with Gasteiger partial charge in [-0.15, -0.1) is 0 Å². The highest BCUT2D eigenvalue weighted by molar-refractivity contribution is 5.28. The van der Waals surface area contributed by atoms with E-state index in [4.69, 9.17) is 0 Å². The van der Waals surface area contributed by atoms with Gasteiger partial charge in [-0.05, 0) is 27.3 Å². The molecule has 1 aromatic rings. The largest absolute Gasteiger partial charge is 0.313 e. The van der Waals surface area contributed by atoms with Crippen LogP contribution in [0.4, 0.5) is 0 Å². The Kier molecular flexibility index (Phi) is 4.33. The van der Waals surface area contributed by atoms with Crippen LogP contribution in [-0.4, -0.2) is 16.8 Å². The predicted molar refractivity (Wildman–Crippen MR) is 64.0 cm³/mol. The second kappa shape index (κ2) is 5.31. The van der Waals surface area contributed by atoms with Gasteiger partial charge >= 0.3 is 0 Å². The minimum absolute atomic E-state index is 0.457. The van der Waals surface area contributed by atoms with Gasteiger partial charge < -0.3 is 5.32 Å². The third-order valence-electron chi connectivity index (χ3n) is 3.11. The molecule has 3 nitrogen and oxygen atoms in total. The maximum absolute atomic E-state index is 4.46. The van der Waals surface area contributed by atoms with Gasteiger partial charge in [0.2, 0.25) is 0 Å². The lowest BCUT2D eigenvalue weighted by Crippen LogP contribution is -2.17. The van der Waals surface area contributed by atoms with Crippen LogP contribution in [0.15, 0.2) is 0 Å². The first-order chi connectivity index (χ1) is 7.11. The van der Waals surface area contributed by atoms with Crippen LogP contribution in [0.3, 0.4) is 0 Å². The summed E-state index contributed by atoms with van der Waals surface area (Å²) in [6, 6.07) is 0.457. The first kappa shape index (κ1) is 12.2. The van der Waals surface area contributed by atoms with Gasteiger partial charge in [0.05, 0.1) is 5.69 Å². The number of hydrogen-bond acceptors (Lipinski definition) is 2. The highest BCUT2D eigenvalue weighted by Gasteiger charge is 2.17. The highest BCUT2D eigenvalue weighted by Crippen LogP contribution is 2.24. The number of hydrogen-bond donors (Lipinski definition) is 1. The summed E-state index contributed by atoms with van der Waals surface area (Å²) < 4.78 is 1.97. The molecule has 0 fully saturated rings. The molecule has 1 atom stereocenters. The zero-order valence-corrected chi connectivity index (χ0v) is 10.6. The molecule has 0 saturated carbocycles. The number of aromatic nitrogens is 2. The maximum atomic E-state index is 4.46. The molecule has 0 aliphatic heterocycles. The molecule has 0 bridgehead atoms. The second-order valence-corrected chi connectivity index (χ2v) is 4.19. The summed E-state index contributed by atoms with van der Waals surface area (Å²) in [5, 5.41) is 7.86. The molecule has 3 heteroatoms. The van der Waals surface area contributed by atoms with E-state index in [0.717, 1.165) is 5.69 Å². The van der Waals surface area contributed by atoms with Crippen LogP contribution < -0.4 is 5.32 Å².